The molecule has 20 heavy (non-hydrogen) atoms. The van der Waals surface area contributed by atoms with Crippen molar-refractivity contribution in [2.45, 2.75) is 19.1 Å². The molecule has 1 atom stereocenters. The fraction of sp³-hybridized carbons (Fsp3) is 0.200. The molecule has 0 bridgehead atoms. The number of para-hydroxylation sites is 1. The number of nitrogens with two attached hydrogens (primary N) is 1. The minimum Gasteiger partial charge on any atom is -0.355 e. The minimum absolute atomic E-state index is 0.159. The molecule has 0 saturated heterocycles. The van der Waals surface area contributed by atoms with E-state index in [1.807, 2.05) is 31.2 Å². The molecule has 1 unspecified atom stereocenters. The number of anilines is 2. The Morgan fingerprint density at radius 1 is 1.00 bits per heavy atom. The van der Waals surface area contributed by atoms with Crippen molar-refractivity contribution < 1.29 is 13.2 Å². The maximum Gasteiger partial charge on any atom is 0.416 e. The Morgan fingerprint density at radius 3 is 2.15 bits per heavy atom. The van der Waals surface area contributed by atoms with E-state index < -0.39 is 11.7 Å². The molecule has 0 aliphatic heterocycles. The van der Waals surface area contributed by atoms with Gasteiger partial charge < -0.3 is 11.1 Å². The Labute approximate surface area is 115 Å². The van der Waals surface area contributed by atoms with Gasteiger partial charge in [-0.15, -0.1) is 0 Å². The van der Waals surface area contributed by atoms with E-state index in [-0.39, 0.29) is 6.04 Å². The van der Waals surface area contributed by atoms with Crippen molar-refractivity contribution in [3.05, 3.63) is 59.7 Å². The van der Waals surface area contributed by atoms with Crippen molar-refractivity contribution in [1.29, 1.82) is 0 Å². The van der Waals surface area contributed by atoms with Gasteiger partial charge in [0.2, 0.25) is 0 Å². The van der Waals surface area contributed by atoms with Crippen molar-refractivity contribution in [1.82, 2.24) is 0 Å². The van der Waals surface area contributed by atoms with Gasteiger partial charge in [-0.3, -0.25) is 0 Å². The molecule has 3 N–H and O–H groups in total. The van der Waals surface area contributed by atoms with Crippen molar-refractivity contribution in [2.24, 2.45) is 5.73 Å². The van der Waals surface area contributed by atoms with E-state index in [2.05, 4.69) is 5.32 Å². The zero-order valence-electron chi connectivity index (χ0n) is 10.9. The van der Waals surface area contributed by atoms with Crippen LogP contribution in [0.4, 0.5) is 24.5 Å². The average molecular weight is 280 g/mol. The second-order valence-electron chi connectivity index (χ2n) is 4.58. The molecule has 2 aromatic carbocycles. The monoisotopic (exact) mass is 280 g/mol. The highest BCUT2D eigenvalue weighted by Gasteiger charge is 2.29. The van der Waals surface area contributed by atoms with Gasteiger partial charge in [-0.05, 0) is 42.8 Å². The highest BCUT2D eigenvalue weighted by molar-refractivity contribution is 5.64. The van der Waals surface area contributed by atoms with Gasteiger partial charge in [-0.2, -0.15) is 13.2 Å². The van der Waals surface area contributed by atoms with Gasteiger partial charge in [0, 0.05) is 17.4 Å². The summed E-state index contributed by atoms with van der Waals surface area (Å²) in [7, 11) is 0. The third-order valence-electron chi connectivity index (χ3n) is 2.94. The molecule has 0 radical (unpaired) electrons. The fourth-order valence-corrected chi connectivity index (χ4v) is 1.91. The van der Waals surface area contributed by atoms with Gasteiger partial charge in [0.1, 0.15) is 0 Å². The Hall–Kier alpha value is -2.01. The molecule has 0 aliphatic rings. The number of benzene rings is 2. The number of hydrogen-bond acceptors (Lipinski definition) is 2. The van der Waals surface area contributed by atoms with E-state index in [9.17, 15) is 13.2 Å². The van der Waals surface area contributed by atoms with E-state index in [1.54, 1.807) is 0 Å². The summed E-state index contributed by atoms with van der Waals surface area (Å²) in [6, 6.07) is 12.2. The Morgan fingerprint density at radius 2 is 1.60 bits per heavy atom. The van der Waals surface area contributed by atoms with E-state index in [1.165, 1.54) is 12.1 Å². The molecule has 0 fully saturated rings. The molecule has 0 aromatic heterocycles. The van der Waals surface area contributed by atoms with Crippen LogP contribution in [0.5, 0.6) is 0 Å². The Bertz CT molecular complexity index is 574. The molecule has 2 rings (SSSR count). The van der Waals surface area contributed by atoms with Gasteiger partial charge in [0.25, 0.3) is 0 Å². The molecule has 0 saturated carbocycles. The SMILES string of the molecule is CC(N)c1ccccc1Nc1ccc(C(F)(F)F)cc1. The maximum absolute atomic E-state index is 12.5. The van der Waals surface area contributed by atoms with Gasteiger partial charge in [0.15, 0.2) is 0 Å². The number of nitrogens with one attached hydrogen (secondary N) is 1. The molecule has 0 amide bonds. The van der Waals surface area contributed by atoms with Gasteiger partial charge in [-0.1, -0.05) is 18.2 Å². The van der Waals surface area contributed by atoms with Crippen LogP contribution in [0.25, 0.3) is 0 Å². The smallest absolute Gasteiger partial charge is 0.355 e. The molecule has 0 aliphatic carbocycles. The first-order valence-electron chi connectivity index (χ1n) is 6.17. The summed E-state index contributed by atoms with van der Waals surface area (Å²) in [6.45, 7) is 1.85. The lowest BCUT2D eigenvalue weighted by molar-refractivity contribution is -0.137. The molecule has 5 heteroatoms. The number of hydrogen-bond donors (Lipinski definition) is 2. The molecule has 0 spiro atoms. The summed E-state index contributed by atoms with van der Waals surface area (Å²) in [5.74, 6) is 0. The second kappa shape index (κ2) is 5.54. The zero-order chi connectivity index (χ0) is 14.8. The number of halogens is 3. The second-order valence-corrected chi connectivity index (χ2v) is 4.58. The lowest BCUT2D eigenvalue weighted by Gasteiger charge is -2.15. The van der Waals surface area contributed by atoms with E-state index in [0.29, 0.717) is 5.69 Å². The lowest BCUT2D eigenvalue weighted by atomic mass is 10.1. The largest absolute Gasteiger partial charge is 0.416 e. The zero-order valence-corrected chi connectivity index (χ0v) is 10.9. The summed E-state index contributed by atoms with van der Waals surface area (Å²) in [4.78, 5) is 0. The third-order valence-corrected chi connectivity index (χ3v) is 2.94. The predicted octanol–water partition coefficient (Wildman–Crippen LogP) is 4.47. The van der Waals surface area contributed by atoms with Crippen LogP contribution in [-0.4, -0.2) is 0 Å². The lowest BCUT2D eigenvalue weighted by Crippen LogP contribution is -2.08. The molecule has 2 nitrogen and oxygen atoms in total. The topological polar surface area (TPSA) is 38.0 Å². The van der Waals surface area contributed by atoms with Crippen molar-refractivity contribution in [3.63, 3.8) is 0 Å². The van der Waals surface area contributed by atoms with Crippen molar-refractivity contribution >= 4 is 11.4 Å². The van der Waals surface area contributed by atoms with Crippen LogP contribution in [0.2, 0.25) is 0 Å². The molecular formula is C15H15F3N2. The summed E-state index contributed by atoms with van der Waals surface area (Å²) >= 11 is 0. The fourth-order valence-electron chi connectivity index (χ4n) is 1.91. The van der Waals surface area contributed by atoms with Crippen molar-refractivity contribution in [2.75, 3.05) is 5.32 Å². The van der Waals surface area contributed by atoms with Crippen LogP contribution in [-0.2, 0) is 6.18 Å². The normalized spacial score (nSPS) is 13.1. The highest BCUT2D eigenvalue weighted by atomic mass is 19.4. The first-order valence-corrected chi connectivity index (χ1v) is 6.17. The first kappa shape index (κ1) is 14.4. The number of rotatable bonds is 3. The summed E-state index contributed by atoms with van der Waals surface area (Å²) < 4.78 is 37.4. The van der Waals surface area contributed by atoms with Gasteiger partial charge in [-0.25, -0.2) is 0 Å². The van der Waals surface area contributed by atoms with Gasteiger partial charge >= 0.3 is 6.18 Å². The minimum atomic E-state index is -4.32. The number of alkyl halides is 3. The molecule has 0 heterocycles. The van der Waals surface area contributed by atoms with E-state index in [4.69, 9.17) is 5.73 Å². The van der Waals surface area contributed by atoms with Crippen LogP contribution in [0, 0.1) is 0 Å². The quantitative estimate of drug-likeness (QED) is 0.870. The molecule has 106 valence electrons. The van der Waals surface area contributed by atoms with Crippen LogP contribution in [0.1, 0.15) is 24.1 Å². The van der Waals surface area contributed by atoms with Crippen LogP contribution >= 0.6 is 0 Å². The third kappa shape index (κ3) is 3.30. The highest BCUT2D eigenvalue weighted by Crippen LogP contribution is 2.31. The summed E-state index contributed by atoms with van der Waals surface area (Å²) in [5.41, 5.74) is 7.49. The average Bonchev–Trinajstić information content (AvgIpc) is 2.38. The molecular weight excluding hydrogens is 265 g/mol. The Kier molecular flexibility index (Phi) is 3.99. The standard InChI is InChI=1S/C15H15F3N2/c1-10(19)13-4-2-3-5-14(13)20-12-8-6-11(7-9-12)15(16,17)18/h2-10,20H,19H2,1H3. The van der Waals surface area contributed by atoms with Gasteiger partial charge in [0.05, 0.1) is 5.56 Å². The van der Waals surface area contributed by atoms with Crippen LogP contribution < -0.4 is 11.1 Å². The first-order chi connectivity index (χ1) is 9.38. The van der Waals surface area contributed by atoms with Crippen LogP contribution in [0.15, 0.2) is 48.5 Å². The van der Waals surface area contributed by atoms with Crippen LogP contribution in [0.3, 0.4) is 0 Å². The Balaban J connectivity index is 2.23. The maximum atomic E-state index is 12.5. The van der Waals surface area contributed by atoms with Crippen molar-refractivity contribution in [3.8, 4) is 0 Å². The van der Waals surface area contributed by atoms with E-state index in [0.717, 1.165) is 23.4 Å². The molecule has 2 aromatic rings. The summed E-state index contributed by atoms with van der Waals surface area (Å²) in [5, 5.41) is 3.09. The summed E-state index contributed by atoms with van der Waals surface area (Å²) in [6.07, 6.45) is -4.32. The predicted molar refractivity (Wildman–Crippen MR) is 73.8 cm³/mol. The van der Waals surface area contributed by atoms with E-state index >= 15 is 0 Å².